The van der Waals surface area contributed by atoms with Gasteiger partial charge >= 0.3 is 12.0 Å². The Balaban J connectivity index is 1.69. The van der Waals surface area contributed by atoms with E-state index in [-0.39, 0.29) is 42.5 Å². The van der Waals surface area contributed by atoms with Gasteiger partial charge in [-0.05, 0) is 24.6 Å². The number of carbonyl (C=O) groups is 4. The zero-order chi connectivity index (χ0) is 19.3. The van der Waals surface area contributed by atoms with Gasteiger partial charge < -0.3 is 15.0 Å². The van der Waals surface area contributed by atoms with Gasteiger partial charge in [-0.25, -0.2) is 9.18 Å². The highest BCUT2D eigenvalue weighted by atomic mass is 35.5. The molecule has 8 nitrogen and oxygen atoms in total. The van der Waals surface area contributed by atoms with Crippen LogP contribution < -0.4 is 5.32 Å². The van der Waals surface area contributed by atoms with Crippen LogP contribution in [0.5, 0.6) is 0 Å². The van der Waals surface area contributed by atoms with Crippen LogP contribution in [0.4, 0.5) is 14.9 Å². The first-order valence-electron chi connectivity index (χ1n) is 7.74. The molecule has 0 saturated carbocycles. The molecule has 0 unspecified atom stereocenters. The van der Waals surface area contributed by atoms with Crippen molar-refractivity contribution in [3.8, 4) is 0 Å². The van der Waals surface area contributed by atoms with Gasteiger partial charge in [-0.2, -0.15) is 0 Å². The summed E-state index contributed by atoms with van der Waals surface area (Å²) < 4.78 is 18.3. The zero-order valence-electron chi connectivity index (χ0n) is 14.0. The number of urea groups is 1. The Morgan fingerprint density at radius 3 is 2.69 bits per heavy atom. The van der Waals surface area contributed by atoms with E-state index in [0.717, 1.165) is 11.0 Å². The average molecular weight is 386 g/mol. The predicted octanol–water partition coefficient (Wildman–Crippen LogP) is 1.64. The first-order valence-corrected chi connectivity index (χ1v) is 8.11. The third-order valence-corrected chi connectivity index (χ3v) is 3.80. The molecule has 1 aliphatic heterocycles. The molecular formula is C16H17ClFN3O5. The number of amides is 4. The number of halogens is 2. The number of likely N-dealkylation sites (N-methyl/N-ethyl adjacent to an activating group) is 1. The fourth-order valence-electron chi connectivity index (χ4n) is 2.27. The molecular weight excluding hydrogens is 369 g/mol. The lowest BCUT2D eigenvalue weighted by atomic mass is 10.3. The number of nitrogens with one attached hydrogen (secondary N) is 1. The maximum absolute atomic E-state index is 13.5. The summed E-state index contributed by atoms with van der Waals surface area (Å²) >= 11 is 5.61. The summed E-state index contributed by atoms with van der Waals surface area (Å²) in [6, 6.07) is 3.33. The first-order chi connectivity index (χ1) is 12.3. The largest absolute Gasteiger partial charge is 0.456 e. The van der Waals surface area contributed by atoms with Crippen molar-refractivity contribution in [3.05, 3.63) is 29.0 Å². The van der Waals surface area contributed by atoms with Crippen molar-refractivity contribution in [2.75, 3.05) is 32.1 Å². The Labute approximate surface area is 153 Å². The molecule has 1 aliphatic rings. The van der Waals surface area contributed by atoms with E-state index >= 15 is 0 Å². The van der Waals surface area contributed by atoms with E-state index in [1.54, 1.807) is 0 Å². The van der Waals surface area contributed by atoms with Crippen molar-refractivity contribution in [1.82, 2.24) is 9.80 Å². The predicted molar refractivity (Wildman–Crippen MR) is 90.0 cm³/mol. The molecule has 1 saturated heterocycles. The molecule has 1 fully saturated rings. The van der Waals surface area contributed by atoms with E-state index in [4.69, 9.17) is 16.3 Å². The number of nitrogens with zero attached hydrogens (tertiary/aromatic N) is 2. The van der Waals surface area contributed by atoms with Crippen LogP contribution in [-0.2, 0) is 19.1 Å². The number of hydrogen-bond donors (Lipinski definition) is 1. The fourth-order valence-corrected chi connectivity index (χ4v) is 2.42. The zero-order valence-corrected chi connectivity index (χ0v) is 14.7. The number of hydrogen-bond acceptors (Lipinski definition) is 5. The van der Waals surface area contributed by atoms with Crippen LogP contribution in [0.2, 0.25) is 5.02 Å². The normalized spacial score (nSPS) is 14.0. The summed E-state index contributed by atoms with van der Waals surface area (Å²) in [7, 11) is 1.51. The van der Waals surface area contributed by atoms with Crippen LogP contribution in [0.25, 0.3) is 0 Å². The second-order valence-electron chi connectivity index (χ2n) is 5.62. The van der Waals surface area contributed by atoms with Crippen molar-refractivity contribution in [3.63, 3.8) is 0 Å². The minimum Gasteiger partial charge on any atom is -0.456 e. The number of anilines is 1. The highest BCUT2D eigenvalue weighted by Crippen LogP contribution is 2.18. The van der Waals surface area contributed by atoms with Gasteiger partial charge in [0.2, 0.25) is 5.91 Å². The molecule has 1 aromatic rings. The van der Waals surface area contributed by atoms with Crippen LogP contribution in [-0.4, -0.2) is 60.4 Å². The van der Waals surface area contributed by atoms with E-state index in [9.17, 15) is 23.6 Å². The summed E-state index contributed by atoms with van der Waals surface area (Å²) in [4.78, 5) is 48.8. The maximum atomic E-state index is 13.5. The lowest BCUT2D eigenvalue weighted by molar-refractivity contribution is -0.147. The topological polar surface area (TPSA) is 96.0 Å². The van der Waals surface area contributed by atoms with Gasteiger partial charge in [0.15, 0.2) is 6.61 Å². The number of rotatable bonds is 7. The van der Waals surface area contributed by atoms with Gasteiger partial charge in [0.1, 0.15) is 12.4 Å². The highest BCUT2D eigenvalue weighted by Gasteiger charge is 2.32. The summed E-state index contributed by atoms with van der Waals surface area (Å²) in [5, 5.41) is 2.45. The molecule has 2 rings (SSSR count). The van der Waals surface area contributed by atoms with Crippen LogP contribution in [0.1, 0.15) is 12.8 Å². The molecule has 26 heavy (non-hydrogen) atoms. The molecule has 1 aromatic carbocycles. The Morgan fingerprint density at radius 2 is 2.08 bits per heavy atom. The van der Waals surface area contributed by atoms with E-state index in [0.29, 0.717) is 0 Å². The number of imide groups is 1. The van der Waals surface area contributed by atoms with Gasteiger partial charge in [-0.1, -0.05) is 11.6 Å². The molecule has 4 amide bonds. The van der Waals surface area contributed by atoms with Crippen molar-refractivity contribution in [1.29, 1.82) is 0 Å². The van der Waals surface area contributed by atoms with Crippen LogP contribution in [0.3, 0.4) is 0 Å². The Hall–Kier alpha value is -2.68. The quantitative estimate of drug-likeness (QED) is 0.568. The van der Waals surface area contributed by atoms with Crippen molar-refractivity contribution < 1.29 is 28.3 Å². The van der Waals surface area contributed by atoms with Gasteiger partial charge in [-0.15, -0.1) is 0 Å². The van der Waals surface area contributed by atoms with E-state index in [1.807, 2.05) is 0 Å². The maximum Gasteiger partial charge on any atom is 0.326 e. The van der Waals surface area contributed by atoms with Crippen LogP contribution in [0.15, 0.2) is 18.2 Å². The lowest BCUT2D eigenvalue weighted by Crippen LogP contribution is -2.32. The highest BCUT2D eigenvalue weighted by molar-refractivity contribution is 6.30. The van der Waals surface area contributed by atoms with Crippen LogP contribution in [0, 0.1) is 5.82 Å². The van der Waals surface area contributed by atoms with Crippen LogP contribution >= 0.6 is 11.6 Å². The summed E-state index contributed by atoms with van der Waals surface area (Å²) in [6.07, 6.45) is 0.154. The molecule has 1 heterocycles. The Morgan fingerprint density at radius 1 is 1.35 bits per heavy atom. The minimum atomic E-state index is -0.706. The SMILES string of the molecule is CN1CC(=O)N(CCCC(=O)OCC(=O)Nc2ccc(Cl)cc2F)C1=O. The number of benzene rings is 1. The number of ether oxygens (including phenoxy) is 1. The molecule has 0 bridgehead atoms. The van der Waals surface area contributed by atoms with E-state index in [2.05, 4.69) is 5.32 Å². The number of carbonyl (C=O) groups excluding carboxylic acids is 4. The molecule has 0 radical (unpaired) electrons. The fraction of sp³-hybridized carbons (Fsp3) is 0.375. The van der Waals surface area contributed by atoms with Gasteiger partial charge in [0.05, 0.1) is 5.69 Å². The Bertz CT molecular complexity index is 743. The van der Waals surface area contributed by atoms with Gasteiger partial charge in [-0.3, -0.25) is 19.3 Å². The van der Waals surface area contributed by atoms with Gasteiger partial charge in [0.25, 0.3) is 5.91 Å². The van der Waals surface area contributed by atoms with Gasteiger partial charge in [0, 0.05) is 25.0 Å². The van der Waals surface area contributed by atoms with Crippen molar-refractivity contribution >= 4 is 41.1 Å². The molecule has 0 atom stereocenters. The molecule has 10 heteroatoms. The second-order valence-corrected chi connectivity index (χ2v) is 6.06. The first kappa shape index (κ1) is 19.6. The summed E-state index contributed by atoms with van der Waals surface area (Å²) in [5.41, 5.74) is -0.0781. The summed E-state index contributed by atoms with van der Waals surface area (Å²) in [6.45, 7) is -0.463. The van der Waals surface area contributed by atoms with E-state index in [1.165, 1.54) is 24.1 Å². The summed E-state index contributed by atoms with van der Waals surface area (Å²) in [5.74, 6) is -2.40. The average Bonchev–Trinajstić information content (AvgIpc) is 2.81. The molecule has 0 aliphatic carbocycles. The molecule has 0 aromatic heterocycles. The third kappa shape index (κ3) is 5.16. The minimum absolute atomic E-state index is 0.0186. The second kappa shape index (κ2) is 8.61. The molecule has 0 spiro atoms. The third-order valence-electron chi connectivity index (χ3n) is 3.56. The van der Waals surface area contributed by atoms with E-state index < -0.39 is 30.3 Å². The number of esters is 1. The van der Waals surface area contributed by atoms with Crippen molar-refractivity contribution in [2.24, 2.45) is 0 Å². The standard InChI is InChI=1S/C16H17ClFN3O5/c1-20-8-14(23)21(16(20)25)6-2-3-15(24)26-9-13(22)19-12-5-4-10(17)7-11(12)18/h4-5,7H,2-3,6,8-9H2,1H3,(H,19,22). The smallest absolute Gasteiger partial charge is 0.326 e. The Kier molecular flexibility index (Phi) is 6.51. The van der Waals surface area contributed by atoms with Crippen molar-refractivity contribution in [2.45, 2.75) is 12.8 Å². The lowest BCUT2D eigenvalue weighted by Gasteiger charge is -2.13. The molecule has 1 N–H and O–H groups in total. The molecule has 140 valence electrons. The monoisotopic (exact) mass is 385 g/mol.